The first-order chi connectivity index (χ1) is 10.9. The van der Waals surface area contributed by atoms with Crippen molar-refractivity contribution in [1.29, 1.82) is 0 Å². The summed E-state index contributed by atoms with van der Waals surface area (Å²) in [7, 11) is -0.0585. The molecule has 0 radical (unpaired) electrons. The van der Waals surface area contributed by atoms with Crippen molar-refractivity contribution in [2.24, 2.45) is 0 Å². The molecular formula is C17H20N2O3S. The first-order valence-corrected chi connectivity index (χ1v) is 8.90. The van der Waals surface area contributed by atoms with E-state index in [-0.39, 0.29) is 4.90 Å². The Bertz CT molecular complexity index is 847. The molecule has 0 saturated heterocycles. The highest BCUT2D eigenvalue weighted by Gasteiger charge is 2.20. The number of nitrogens with one attached hydrogen (secondary N) is 1. The number of methoxy groups -OCH3 is 1. The molecule has 0 fully saturated rings. The van der Waals surface area contributed by atoms with Crippen molar-refractivity contribution in [1.82, 2.24) is 0 Å². The van der Waals surface area contributed by atoms with E-state index in [1.165, 1.54) is 5.56 Å². The standard InChI is InChI=1S/C17H20N2O3S/c1-12-10-15(22-3)6-7-17(12)23(20,21)18-14-5-4-13-8-9-19(2)16(13)11-14/h4-7,10-11,18H,8-9H2,1-3H3. The molecule has 0 atom stereocenters. The van der Waals surface area contributed by atoms with Gasteiger partial charge in [0.1, 0.15) is 5.75 Å². The third-order valence-electron chi connectivity index (χ3n) is 4.14. The fourth-order valence-electron chi connectivity index (χ4n) is 2.86. The summed E-state index contributed by atoms with van der Waals surface area (Å²) in [4.78, 5) is 2.39. The van der Waals surface area contributed by atoms with Crippen LogP contribution >= 0.6 is 0 Å². The van der Waals surface area contributed by atoms with Gasteiger partial charge in [0, 0.05) is 19.3 Å². The Hall–Kier alpha value is -2.21. The Morgan fingerprint density at radius 2 is 1.96 bits per heavy atom. The van der Waals surface area contributed by atoms with Gasteiger partial charge >= 0.3 is 0 Å². The number of rotatable bonds is 4. The van der Waals surface area contributed by atoms with Crippen molar-refractivity contribution in [3.63, 3.8) is 0 Å². The monoisotopic (exact) mass is 332 g/mol. The van der Waals surface area contributed by atoms with Crippen LogP contribution in [0.4, 0.5) is 11.4 Å². The second kappa shape index (κ2) is 5.77. The maximum absolute atomic E-state index is 12.6. The molecule has 122 valence electrons. The van der Waals surface area contributed by atoms with Crippen LogP contribution in [-0.4, -0.2) is 29.1 Å². The van der Waals surface area contributed by atoms with E-state index < -0.39 is 10.0 Å². The minimum absolute atomic E-state index is 0.257. The molecule has 1 aliphatic rings. The van der Waals surface area contributed by atoms with E-state index in [2.05, 4.69) is 9.62 Å². The van der Waals surface area contributed by atoms with Crippen LogP contribution in [-0.2, 0) is 16.4 Å². The van der Waals surface area contributed by atoms with E-state index in [9.17, 15) is 8.42 Å². The molecule has 0 saturated carbocycles. The summed E-state index contributed by atoms with van der Waals surface area (Å²) >= 11 is 0. The molecule has 0 amide bonds. The van der Waals surface area contributed by atoms with Gasteiger partial charge in [0.2, 0.25) is 0 Å². The van der Waals surface area contributed by atoms with Gasteiger partial charge in [-0.1, -0.05) is 6.07 Å². The highest BCUT2D eigenvalue weighted by molar-refractivity contribution is 7.92. The van der Waals surface area contributed by atoms with E-state index in [0.717, 1.165) is 18.7 Å². The number of ether oxygens (including phenoxy) is 1. The summed E-state index contributed by atoms with van der Waals surface area (Å²) in [5.74, 6) is 0.639. The van der Waals surface area contributed by atoms with Gasteiger partial charge in [0.15, 0.2) is 0 Å². The number of anilines is 2. The summed E-state index contributed by atoms with van der Waals surface area (Å²) in [5.41, 5.74) is 3.55. The molecule has 5 nitrogen and oxygen atoms in total. The molecule has 0 aliphatic carbocycles. The summed E-state index contributed by atoms with van der Waals surface area (Å²) < 4.78 is 33.1. The van der Waals surface area contributed by atoms with E-state index >= 15 is 0 Å². The van der Waals surface area contributed by atoms with Crippen LogP contribution in [0.25, 0.3) is 0 Å². The minimum Gasteiger partial charge on any atom is -0.497 e. The summed E-state index contributed by atoms with van der Waals surface area (Å²) in [6, 6.07) is 10.6. The zero-order valence-corrected chi connectivity index (χ0v) is 14.3. The van der Waals surface area contributed by atoms with Gasteiger partial charge in [-0.15, -0.1) is 0 Å². The quantitative estimate of drug-likeness (QED) is 0.935. The Labute approximate surface area is 136 Å². The number of likely N-dealkylation sites (N-methyl/N-ethyl adjacent to an activating group) is 1. The number of hydrogen-bond acceptors (Lipinski definition) is 4. The van der Waals surface area contributed by atoms with Gasteiger partial charge in [-0.25, -0.2) is 8.42 Å². The van der Waals surface area contributed by atoms with Gasteiger partial charge in [-0.05, 0) is 54.8 Å². The zero-order valence-electron chi connectivity index (χ0n) is 13.5. The maximum Gasteiger partial charge on any atom is 0.262 e. The van der Waals surface area contributed by atoms with Crippen molar-refractivity contribution >= 4 is 21.4 Å². The normalized spacial score (nSPS) is 13.8. The average Bonchev–Trinajstić information content (AvgIpc) is 2.87. The van der Waals surface area contributed by atoms with Gasteiger partial charge in [-0.2, -0.15) is 0 Å². The van der Waals surface area contributed by atoms with Crippen molar-refractivity contribution < 1.29 is 13.2 Å². The van der Waals surface area contributed by atoms with Crippen LogP contribution in [0.15, 0.2) is 41.3 Å². The van der Waals surface area contributed by atoms with Crippen molar-refractivity contribution in [2.75, 3.05) is 30.3 Å². The zero-order chi connectivity index (χ0) is 16.6. The van der Waals surface area contributed by atoms with Gasteiger partial charge < -0.3 is 9.64 Å². The lowest BCUT2D eigenvalue weighted by molar-refractivity contribution is 0.414. The number of benzene rings is 2. The SMILES string of the molecule is COc1ccc(S(=O)(=O)Nc2ccc3c(c2)N(C)CC3)c(C)c1. The summed E-state index contributed by atoms with van der Waals surface area (Å²) in [5, 5.41) is 0. The van der Waals surface area contributed by atoms with Gasteiger partial charge in [0.05, 0.1) is 17.7 Å². The fraction of sp³-hybridized carbons (Fsp3) is 0.294. The second-order valence-corrected chi connectivity index (χ2v) is 7.40. The smallest absolute Gasteiger partial charge is 0.262 e. The maximum atomic E-state index is 12.6. The van der Waals surface area contributed by atoms with Crippen LogP contribution in [0.3, 0.4) is 0 Å². The topological polar surface area (TPSA) is 58.6 Å². The van der Waals surface area contributed by atoms with Gasteiger partial charge in [0.25, 0.3) is 10.0 Å². The molecule has 0 spiro atoms. The van der Waals surface area contributed by atoms with Crippen LogP contribution in [0.2, 0.25) is 0 Å². The number of sulfonamides is 1. The minimum atomic E-state index is -3.63. The Kier molecular flexibility index (Phi) is 3.93. The molecule has 6 heteroatoms. The largest absolute Gasteiger partial charge is 0.497 e. The lowest BCUT2D eigenvalue weighted by Crippen LogP contribution is -2.15. The van der Waals surface area contributed by atoms with Crippen LogP contribution in [0.1, 0.15) is 11.1 Å². The number of fused-ring (bicyclic) bond motifs is 1. The van der Waals surface area contributed by atoms with Crippen molar-refractivity contribution in [2.45, 2.75) is 18.2 Å². The lowest BCUT2D eigenvalue weighted by atomic mass is 10.1. The van der Waals surface area contributed by atoms with E-state index in [1.54, 1.807) is 32.2 Å². The van der Waals surface area contributed by atoms with Crippen LogP contribution < -0.4 is 14.4 Å². The number of nitrogens with zero attached hydrogens (tertiary/aromatic N) is 1. The van der Waals surface area contributed by atoms with E-state index in [1.807, 2.05) is 25.2 Å². The summed E-state index contributed by atoms with van der Waals surface area (Å²) in [6.45, 7) is 2.72. The predicted molar refractivity (Wildman–Crippen MR) is 92.0 cm³/mol. The van der Waals surface area contributed by atoms with Crippen molar-refractivity contribution in [3.05, 3.63) is 47.5 Å². The number of aryl methyl sites for hydroxylation is 1. The molecule has 0 bridgehead atoms. The van der Waals surface area contributed by atoms with E-state index in [0.29, 0.717) is 17.0 Å². The second-order valence-electron chi connectivity index (χ2n) is 5.75. The molecule has 2 aromatic rings. The highest BCUT2D eigenvalue weighted by atomic mass is 32.2. The molecule has 2 aromatic carbocycles. The number of hydrogen-bond donors (Lipinski definition) is 1. The molecular weight excluding hydrogens is 312 g/mol. The molecule has 0 aromatic heterocycles. The molecule has 3 rings (SSSR count). The third kappa shape index (κ3) is 2.99. The molecule has 1 heterocycles. The van der Waals surface area contributed by atoms with E-state index in [4.69, 9.17) is 4.74 Å². The van der Waals surface area contributed by atoms with Crippen molar-refractivity contribution in [3.8, 4) is 5.75 Å². The molecule has 0 unspecified atom stereocenters. The Balaban J connectivity index is 1.91. The summed E-state index contributed by atoms with van der Waals surface area (Å²) in [6.07, 6.45) is 0.996. The predicted octanol–water partition coefficient (Wildman–Crippen LogP) is 2.80. The molecule has 23 heavy (non-hydrogen) atoms. The third-order valence-corrected chi connectivity index (χ3v) is 5.68. The first-order valence-electron chi connectivity index (χ1n) is 7.42. The van der Waals surface area contributed by atoms with Gasteiger partial charge in [-0.3, -0.25) is 4.72 Å². The Morgan fingerprint density at radius 1 is 1.17 bits per heavy atom. The lowest BCUT2D eigenvalue weighted by Gasteiger charge is -2.15. The van der Waals surface area contributed by atoms with Crippen LogP contribution in [0, 0.1) is 6.92 Å². The Morgan fingerprint density at radius 3 is 2.65 bits per heavy atom. The van der Waals surface area contributed by atoms with Crippen LogP contribution in [0.5, 0.6) is 5.75 Å². The molecule has 1 N–H and O–H groups in total. The average molecular weight is 332 g/mol. The first kappa shape index (κ1) is 15.7. The highest BCUT2D eigenvalue weighted by Crippen LogP contribution is 2.31. The fourth-order valence-corrected chi connectivity index (χ4v) is 4.14. The molecule has 1 aliphatic heterocycles.